The van der Waals surface area contributed by atoms with Crippen molar-refractivity contribution in [2.24, 2.45) is 5.73 Å². The van der Waals surface area contributed by atoms with E-state index in [0.29, 0.717) is 10.7 Å². The van der Waals surface area contributed by atoms with Gasteiger partial charge < -0.3 is 11.1 Å². The molecule has 28 heavy (non-hydrogen) atoms. The first-order chi connectivity index (χ1) is 13.3. The highest BCUT2D eigenvalue weighted by atomic mass is 35.5. The van der Waals surface area contributed by atoms with E-state index in [1.165, 1.54) is 12.1 Å². The van der Waals surface area contributed by atoms with Crippen molar-refractivity contribution >= 4 is 40.7 Å². The van der Waals surface area contributed by atoms with Crippen LogP contribution in [0.3, 0.4) is 0 Å². The molecule has 3 N–H and O–H groups in total. The fraction of sp³-hybridized carbons (Fsp3) is 0.150. The van der Waals surface area contributed by atoms with Crippen LogP contribution in [0.15, 0.2) is 42.5 Å². The molecule has 1 heterocycles. The number of nitrogens with two attached hydrogens (primary N) is 1. The average Bonchev–Trinajstić information content (AvgIpc) is 2.92. The molecule has 8 heteroatoms. The van der Waals surface area contributed by atoms with E-state index in [9.17, 15) is 9.59 Å². The maximum absolute atomic E-state index is 12.5. The highest BCUT2D eigenvalue weighted by molar-refractivity contribution is 6.34. The number of carbonyl (C=O) groups is 2. The molecule has 2 amide bonds. The number of hydrogen-bond acceptors (Lipinski definition) is 3. The Morgan fingerprint density at radius 2 is 1.79 bits per heavy atom. The fourth-order valence-corrected chi connectivity index (χ4v) is 3.26. The standard InChI is InChI=1S/C20H18Cl2N4O2/c1-11-16(12(2)26(25-11)15-6-3-13(21)4-7-15)10-19(27)24-14-5-8-18(22)17(9-14)20(23)28/h3-9H,10H2,1-2H3,(H2,23,28)(H,24,27). The number of aromatic nitrogens is 2. The van der Waals surface area contributed by atoms with Crippen molar-refractivity contribution in [3.05, 3.63) is 75.0 Å². The summed E-state index contributed by atoms with van der Waals surface area (Å²) in [6, 6.07) is 11.9. The molecule has 2 aromatic carbocycles. The summed E-state index contributed by atoms with van der Waals surface area (Å²) in [5.41, 5.74) is 9.21. The minimum atomic E-state index is -0.656. The number of hydrogen-bond donors (Lipinski definition) is 2. The molecule has 0 spiro atoms. The normalized spacial score (nSPS) is 10.7. The van der Waals surface area contributed by atoms with Gasteiger partial charge in [-0.1, -0.05) is 23.2 Å². The second-order valence-electron chi connectivity index (χ2n) is 6.32. The molecule has 0 radical (unpaired) electrons. The topological polar surface area (TPSA) is 90.0 Å². The molecule has 1 aromatic heterocycles. The molecule has 0 atom stereocenters. The lowest BCUT2D eigenvalue weighted by atomic mass is 10.1. The molecule has 0 saturated carbocycles. The van der Waals surface area contributed by atoms with Crippen LogP contribution in [-0.2, 0) is 11.2 Å². The summed E-state index contributed by atoms with van der Waals surface area (Å²) < 4.78 is 1.78. The van der Waals surface area contributed by atoms with E-state index in [2.05, 4.69) is 10.4 Å². The first-order valence-corrected chi connectivity index (χ1v) is 9.22. The van der Waals surface area contributed by atoms with E-state index < -0.39 is 5.91 Å². The Labute approximate surface area is 172 Å². The van der Waals surface area contributed by atoms with Crippen molar-refractivity contribution < 1.29 is 9.59 Å². The minimum Gasteiger partial charge on any atom is -0.366 e. The number of aryl methyl sites for hydroxylation is 1. The lowest BCUT2D eigenvalue weighted by Crippen LogP contribution is -2.17. The number of rotatable bonds is 5. The Bertz CT molecular complexity index is 1060. The number of benzene rings is 2. The van der Waals surface area contributed by atoms with Gasteiger partial charge in [0.05, 0.1) is 28.4 Å². The van der Waals surface area contributed by atoms with Crippen LogP contribution in [0.1, 0.15) is 27.3 Å². The average molecular weight is 417 g/mol. The number of amides is 2. The fourth-order valence-electron chi connectivity index (χ4n) is 2.92. The first-order valence-electron chi connectivity index (χ1n) is 8.46. The summed E-state index contributed by atoms with van der Waals surface area (Å²) in [6.45, 7) is 3.76. The van der Waals surface area contributed by atoms with E-state index in [4.69, 9.17) is 28.9 Å². The molecule has 3 rings (SSSR count). The van der Waals surface area contributed by atoms with Crippen LogP contribution in [-0.4, -0.2) is 21.6 Å². The van der Waals surface area contributed by atoms with Crippen LogP contribution >= 0.6 is 23.2 Å². The van der Waals surface area contributed by atoms with E-state index in [-0.39, 0.29) is 22.9 Å². The van der Waals surface area contributed by atoms with Crippen molar-refractivity contribution in [2.45, 2.75) is 20.3 Å². The second-order valence-corrected chi connectivity index (χ2v) is 7.17. The number of primary amides is 1. The molecule has 6 nitrogen and oxygen atoms in total. The number of halogens is 2. The summed E-state index contributed by atoms with van der Waals surface area (Å²) in [5, 5.41) is 8.18. The summed E-state index contributed by atoms with van der Waals surface area (Å²) >= 11 is 11.9. The van der Waals surface area contributed by atoms with Crippen LogP contribution in [0.4, 0.5) is 5.69 Å². The number of nitrogens with zero attached hydrogens (tertiary/aromatic N) is 2. The van der Waals surface area contributed by atoms with Gasteiger partial charge >= 0.3 is 0 Å². The van der Waals surface area contributed by atoms with Crippen molar-refractivity contribution in [1.29, 1.82) is 0 Å². The van der Waals surface area contributed by atoms with Crippen LogP contribution in [0.25, 0.3) is 5.69 Å². The van der Waals surface area contributed by atoms with Gasteiger partial charge in [-0.15, -0.1) is 0 Å². The first kappa shape index (κ1) is 19.9. The SMILES string of the molecule is Cc1nn(-c2ccc(Cl)cc2)c(C)c1CC(=O)Nc1ccc(Cl)c(C(N)=O)c1. The predicted octanol–water partition coefficient (Wildman–Crippen LogP) is 4.08. The van der Waals surface area contributed by atoms with Crippen LogP contribution in [0.5, 0.6) is 0 Å². The molecule has 0 saturated heterocycles. The van der Waals surface area contributed by atoms with Crippen LogP contribution in [0.2, 0.25) is 10.0 Å². The maximum atomic E-state index is 12.5. The number of anilines is 1. The van der Waals surface area contributed by atoms with Gasteiger partial charge in [-0.3, -0.25) is 9.59 Å². The van der Waals surface area contributed by atoms with Gasteiger partial charge in [0.25, 0.3) is 0 Å². The van der Waals surface area contributed by atoms with Crippen LogP contribution in [0, 0.1) is 13.8 Å². The minimum absolute atomic E-state index is 0.139. The maximum Gasteiger partial charge on any atom is 0.250 e. The Hall–Kier alpha value is -2.83. The van der Waals surface area contributed by atoms with E-state index >= 15 is 0 Å². The molecule has 0 aliphatic rings. The van der Waals surface area contributed by atoms with Crippen molar-refractivity contribution in [2.75, 3.05) is 5.32 Å². The number of nitrogens with one attached hydrogen (secondary N) is 1. The molecule has 0 aliphatic heterocycles. The summed E-state index contributed by atoms with van der Waals surface area (Å²) in [6.07, 6.45) is 0.139. The number of carbonyl (C=O) groups excluding carboxylic acids is 2. The zero-order valence-electron chi connectivity index (χ0n) is 15.3. The van der Waals surface area contributed by atoms with Gasteiger partial charge in [-0.05, 0) is 56.3 Å². The monoisotopic (exact) mass is 416 g/mol. The third-order valence-corrected chi connectivity index (χ3v) is 4.95. The highest BCUT2D eigenvalue weighted by Gasteiger charge is 2.17. The third kappa shape index (κ3) is 4.18. The van der Waals surface area contributed by atoms with E-state index in [1.54, 1.807) is 22.9 Å². The molecule has 144 valence electrons. The zero-order valence-corrected chi connectivity index (χ0v) is 16.8. The van der Waals surface area contributed by atoms with Crippen LogP contribution < -0.4 is 11.1 Å². The molecular formula is C20H18Cl2N4O2. The molecule has 0 aliphatic carbocycles. The lowest BCUT2D eigenvalue weighted by Gasteiger charge is -2.08. The summed E-state index contributed by atoms with van der Waals surface area (Å²) in [4.78, 5) is 23.9. The summed E-state index contributed by atoms with van der Waals surface area (Å²) in [5.74, 6) is -0.892. The van der Waals surface area contributed by atoms with Gasteiger partial charge in [0.1, 0.15) is 0 Å². The zero-order chi connectivity index (χ0) is 20.4. The summed E-state index contributed by atoms with van der Waals surface area (Å²) in [7, 11) is 0. The Kier molecular flexibility index (Phi) is 5.72. The lowest BCUT2D eigenvalue weighted by molar-refractivity contribution is -0.115. The smallest absolute Gasteiger partial charge is 0.250 e. The highest BCUT2D eigenvalue weighted by Crippen LogP contribution is 2.22. The van der Waals surface area contributed by atoms with Crippen molar-refractivity contribution in [3.8, 4) is 5.69 Å². The molecule has 3 aromatic rings. The van der Waals surface area contributed by atoms with Crippen molar-refractivity contribution in [3.63, 3.8) is 0 Å². The molecule has 0 fully saturated rings. The van der Waals surface area contributed by atoms with Gasteiger partial charge in [0, 0.05) is 22.0 Å². The Morgan fingerprint density at radius 1 is 1.11 bits per heavy atom. The second kappa shape index (κ2) is 8.04. The van der Waals surface area contributed by atoms with Gasteiger partial charge in [-0.25, -0.2) is 4.68 Å². The Balaban J connectivity index is 1.80. The molecule has 0 bridgehead atoms. The van der Waals surface area contributed by atoms with E-state index in [0.717, 1.165) is 22.6 Å². The van der Waals surface area contributed by atoms with E-state index in [1.807, 2.05) is 26.0 Å². The molecular weight excluding hydrogens is 399 g/mol. The quantitative estimate of drug-likeness (QED) is 0.656. The van der Waals surface area contributed by atoms with Gasteiger partial charge in [0.2, 0.25) is 11.8 Å². The Morgan fingerprint density at radius 3 is 2.43 bits per heavy atom. The molecule has 0 unspecified atom stereocenters. The van der Waals surface area contributed by atoms with Crippen molar-refractivity contribution in [1.82, 2.24) is 9.78 Å². The largest absolute Gasteiger partial charge is 0.366 e. The third-order valence-electron chi connectivity index (χ3n) is 4.37. The van der Waals surface area contributed by atoms with Gasteiger partial charge in [-0.2, -0.15) is 5.10 Å². The van der Waals surface area contributed by atoms with Gasteiger partial charge in [0.15, 0.2) is 0 Å². The predicted molar refractivity (Wildman–Crippen MR) is 110 cm³/mol.